The van der Waals surface area contributed by atoms with Gasteiger partial charge in [-0.1, -0.05) is 128 Å². The zero-order valence-corrected chi connectivity index (χ0v) is 32.8. The quantitative estimate of drug-likeness (QED) is 0.175. The molecule has 0 amide bonds. The van der Waals surface area contributed by atoms with E-state index in [4.69, 9.17) is 15.0 Å². The SMILES string of the molecule is c1ccc(-c2nc(-c3ccccc3)nc(-c3cccc4c3sc3ccc(-c5ccc6c(c5)c5ccc7sc8ccccc8c7c5n6C5CCCCC5)cc34)n2)cc1. The van der Waals surface area contributed by atoms with E-state index in [0.29, 0.717) is 23.5 Å². The molecule has 0 N–H and O–H groups in total. The first-order valence-electron chi connectivity index (χ1n) is 20.0. The van der Waals surface area contributed by atoms with Crippen LogP contribution in [-0.2, 0) is 0 Å². The van der Waals surface area contributed by atoms with Gasteiger partial charge in [0.1, 0.15) is 0 Å². The van der Waals surface area contributed by atoms with E-state index in [1.807, 2.05) is 59.1 Å². The summed E-state index contributed by atoms with van der Waals surface area (Å²) in [6, 6.07) is 55.4. The maximum absolute atomic E-state index is 5.09. The number of hydrogen-bond acceptors (Lipinski definition) is 5. The summed E-state index contributed by atoms with van der Waals surface area (Å²) in [5.41, 5.74) is 8.22. The number of benzene rings is 7. The van der Waals surface area contributed by atoms with Crippen molar-refractivity contribution in [2.45, 2.75) is 38.1 Å². The molecule has 4 aromatic heterocycles. The van der Waals surface area contributed by atoms with Gasteiger partial charge in [0.25, 0.3) is 0 Å². The lowest BCUT2D eigenvalue weighted by atomic mass is 9.95. The third-order valence-electron chi connectivity index (χ3n) is 12.0. The molecule has 12 rings (SSSR count). The zero-order chi connectivity index (χ0) is 37.5. The Morgan fingerprint density at radius 1 is 0.439 bits per heavy atom. The molecule has 1 saturated carbocycles. The van der Waals surface area contributed by atoms with Gasteiger partial charge in [-0.15, -0.1) is 22.7 Å². The van der Waals surface area contributed by atoms with Crippen molar-refractivity contribution in [3.63, 3.8) is 0 Å². The molecule has 1 aliphatic rings. The Labute approximate surface area is 337 Å². The molecule has 4 heterocycles. The van der Waals surface area contributed by atoms with Crippen LogP contribution < -0.4 is 0 Å². The lowest BCUT2D eigenvalue weighted by Gasteiger charge is -2.25. The fourth-order valence-corrected chi connectivity index (χ4v) is 11.6. The lowest BCUT2D eigenvalue weighted by Crippen LogP contribution is -2.12. The molecule has 0 saturated heterocycles. The van der Waals surface area contributed by atoms with Crippen molar-refractivity contribution in [3.8, 4) is 45.3 Å². The van der Waals surface area contributed by atoms with Crippen LogP contribution in [0.1, 0.15) is 38.1 Å². The average molecular weight is 769 g/mol. The minimum absolute atomic E-state index is 0.522. The van der Waals surface area contributed by atoms with Gasteiger partial charge < -0.3 is 4.57 Å². The third-order valence-corrected chi connectivity index (χ3v) is 14.4. The number of fused-ring (bicyclic) bond motifs is 10. The summed E-state index contributed by atoms with van der Waals surface area (Å²) in [6.45, 7) is 0. The van der Waals surface area contributed by atoms with Crippen molar-refractivity contribution < 1.29 is 0 Å². The summed E-state index contributed by atoms with van der Waals surface area (Å²) in [6.07, 6.45) is 6.44. The van der Waals surface area contributed by atoms with Crippen molar-refractivity contribution in [3.05, 3.63) is 152 Å². The number of nitrogens with zero attached hydrogens (tertiary/aromatic N) is 4. The molecule has 57 heavy (non-hydrogen) atoms. The number of rotatable bonds is 5. The summed E-state index contributed by atoms with van der Waals surface area (Å²) in [5, 5.41) is 7.99. The van der Waals surface area contributed by atoms with Gasteiger partial charge in [0.05, 0.1) is 5.52 Å². The van der Waals surface area contributed by atoms with Crippen LogP contribution in [0.25, 0.3) is 107 Å². The van der Waals surface area contributed by atoms with Gasteiger partial charge in [-0.05, 0) is 66.4 Å². The minimum Gasteiger partial charge on any atom is -0.337 e. The third kappa shape index (κ3) is 5.35. The summed E-state index contributed by atoms with van der Waals surface area (Å²) < 4.78 is 7.92. The highest BCUT2D eigenvalue weighted by Crippen LogP contribution is 2.46. The van der Waals surface area contributed by atoms with Gasteiger partial charge in [-0.25, -0.2) is 15.0 Å². The molecule has 0 bridgehead atoms. The second-order valence-corrected chi connectivity index (χ2v) is 17.5. The van der Waals surface area contributed by atoms with Crippen LogP contribution in [0, 0.1) is 0 Å². The fourth-order valence-electron chi connectivity index (χ4n) is 9.33. The molecular weight excluding hydrogens is 733 g/mol. The summed E-state index contributed by atoms with van der Waals surface area (Å²) in [5.74, 6) is 2.04. The van der Waals surface area contributed by atoms with Crippen LogP contribution in [-0.4, -0.2) is 19.5 Å². The summed E-state index contributed by atoms with van der Waals surface area (Å²) in [4.78, 5) is 15.1. The van der Waals surface area contributed by atoms with Crippen molar-refractivity contribution >= 4 is 84.8 Å². The molecule has 0 aliphatic heterocycles. The minimum atomic E-state index is 0.522. The lowest BCUT2D eigenvalue weighted by molar-refractivity contribution is 0.368. The van der Waals surface area contributed by atoms with Crippen LogP contribution in [0.2, 0.25) is 0 Å². The smallest absolute Gasteiger partial charge is 0.165 e. The first kappa shape index (κ1) is 33.0. The van der Waals surface area contributed by atoms with E-state index in [1.165, 1.54) is 105 Å². The highest BCUT2D eigenvalue weighted by atomic mass is 32.1. The van der Waals surface area contributed by atoms with Crippen molar-refractivity contribution in [2.75, 3.05) is 0 Å². The number of thiophene rings is 2. The molecule has 6 heteroatoms. The molecule has 4 nitrogen and oxygen atoms in total. The first-order chi connectivity index (χ1) is 28.2. The van der Waals surface area contributed by atoms with E-state index in [2.05, 4.69) is 120 Å². The van der Waals surface area contributed by atoms with Crippen molar-refractivity contribution in [1.82, 2.24) is 19.5 Å². The Morgan fingerprint density at radius 3 is 1.84 bits per heavy atom. The zero-order valence-electron chi connectivity index (χ0n) is 31.2. The van der Waals surface area contributed by atoms with E-state index >= 15 is 0 Å². The molecule has 0 unspecified atom stereocenters. The van der Waals surface area contributed by atoms with Gasteiger partial charge >= 0.3 is 0 Å². The molecule has 1 aliphatic carbocycles. The van der Waals surface area contributed by atoms with Crippen LogP contribution in [0.4, 0.5) is 0 Å². The molecule has 11 aromatic rings. The Morgan fingerprint density at radius 2 is 1.07 bits per heavy atom. The maximum atomic E-state index is 5.09. The van der Waals surface area contributed by atoms with E-state index < -0.39 is 0 Å². The van der Waals surface area contributed by atoms with Gasteiger partial charge in [-0.2, -0.15) is 0 Å². The largest absolute Gasteiger partial charge is 0.337 e. The predicted octanol–water partition coefficient (Wildman–Crippen LogP) is 14.9. The van der Waals surface area contributed by atoms with Crippen molar-refractivity contribution in [1.29, 1.82) is 0 Å². The maximum Gasteiger partial charge on any atom is 0.165 e. The monoisotopic (exact) mass is 768 g/mol. The second-order valence-electron chi connectivity index (χ2n) is 15.4. The van der Waals surface area contributed by atoms with Gasteiger partial charge in [0.15, 0.2) is 17.5 Å². The van der Waals surface area contributed by atoms with E-state index in [-0.39, 0.29) is 0 Å². The molecule has 0 radical (unpaired) electrons. The molecule has 0 spiro atoms. The molecule has 272 valence electrons. The number of hydrogen-bond donors (Lipinski definition) is 0. The summed E-state index contributed by atoms with van der Waals surface area (Å²) >= 11 is 3.73. The molecule has 1 fully saturated rings. The Kier molecular flexibility index (Phi) is 7.63. The van der Waals surface area contributed by atoms with E-state index in [1.54, 1.807) is 0 Å². The molecule has 0 atom stereocenters. The normalized spacial score (nSPS) is 13.9. The predicted molar refractivity (Wildman–Crippen MR) is 242 cm³/mol. The standard InChI is InChI=1S/C51H36N4S2/c1-4-13-31(14-5-1)49-52-50(32-15-6-2-7-16-32)54-51(53-49)39-21-12-20-37-41-30-34(24-27-44(41)57-48(37)39)33-23-26-42-40(29-33)36-25-28-45-46(38-19-10-11-22-43(38)56-45)47(36)55(42)35-17-8-3-9-18-35/h1-2,4-7,10-16,19-30,35H,3,8-9,17-18H2. The van der Waals surface area contributed by atoms with Gasteiger partial charge in [0, 0.05) is 79.4 Å². The summed E-state index contributed by atoms with van der Waals surface area (Å²) in [7, 11) is 0. The average Bonchev–Trinajstić information content (AvgIpc) is 3.96. The Bertz CT molecular complexity index is 3280. The van der Waals surface area contributed by atoms with Crippen LogP contribution >= 0.6 is 22.7 Å². The highest BCUT2D eigenvalue weighted by molar-refractivity contribution is 7.26. The van der Waals surface area contributed by atoms with Gasteiger partial charge in [0.2, 0.25) is 0 Å². The Balaban J connectivity index is 1.02. The van der Waals surface area contributed by atoms with Crippen LogP contribution in [0.5, 0.6) is 0 Å². The van der Waals surface area contributed by atoms with Crippen LogP contribution in [0.15, 0.2) is 152 Å². The van der Waals surface area contributed by atoms with E-state index in [9.17, 15) is 0 Å². The Hall–Kier alpha value is -6.21. The fraction of sp³-hybridized carbons (Fsp3) is 0.118. The van der Waals surface area contributed by atoms with Crippen molar-refractivity contribution in [2.24, 2.45) is 0 Å². The molecule has 7 aromatic carbocycles. The number of aromatic nitrogens is 4. The highest BCUT2D eigenvalue weighted by Gasteiger charge is 2.24. The second kappa shape index (κ2) is 13.2. The molecular formula is C51H36N4S2. The topological polar surface area (TPSA) is 43.6 Å². The van der Waals surface area contributed by atoms with Crippen LogP contribution in [0.3, 0.4) is 0 Å². The first-order valence-corrected chi connectivity index (χ1v) is 21.6. The van der Waals surface area contributed by atoms with E-state index in [0.717, 1.165) is 16.7 Å². The van der Waals surface area contributed by atoms with Gasteiger partial charge in [-0.3, -0.25) is 0 Å².